The molecule has 1 rings (SSSR count). The fourth-order valence-electron chi connectivity index (χ4n) is 1.24. The molecule has 0 aromatic carbocycles. The third-order valence-electron chi connectivity index (χ3n) is 2.06. The van der Waals surface area contributed by atoms with Gasteiger partial charge in [-0.05, 0) is 0 Å². The Morgan fingerprint density at radius 1 is 1.15 bits per heavy atom. The van der Waals surface area contributed by atoms with Crippen LogP contribution in [-0.4, -0.2) is 63.8 Å². The summed E-state index contributed by atoms with van der Waals surface area (Å²) in [6, 6.07) is 0. The molecule has 0 spiro atoms. The SMILES string of the molecule is O=C[C@@H]1O[C@H](CO)[C@@H](O)[C@H](O)[C@@H]1O. The van der Waals surface area contributed by atoms with E-state index in [0.29, 0.717) is 6.29 Å². The zero-order valence-corrected chi connectivity index (χ0v) is 6.78. The van der Waals surface area contributed by atoms with Crippen LogP contribution in [0.15, 0.2) is 0 Å². The minimum atomic E-state index is -1.47. The maximum Gasteiger partial charge on any atom is 0.151 e. The van der Waals surface area contributed by atoms with Gasteiger partial charge in [-0.1, -0.05) is 0 Å². The number of rotatable bonds is 2. The highest BCUT2D eigenvalue weighted by Crippen LogP contribution is 2.19. The molecule has 1 fully saturated rings. The van der Waals surface area contributed by atoms with Crippen LogP contribution in [0.2, 0.25) is 0 Å². The molecule has 0 aromatic heterocycles. The molecule has 0 unspecified atom stereocenters. The predicted molar refractivity (Wildman–Crippen MR) is 39.8 cm³/mol. The third-order valence-corrected chi connectivity index (χ3v) is 2.06. The minimum Gasteiger partial charge on any atom is -0.394 e. The molecule has 4 N–H and O–H groups in total. The molecule has 76 valence electrons. The molecule has 6 heteroatoms. The van der Waals surface area contributed by atoms with Gasteiger partial charge in [-0.3, -0.25) is 0 Å². The lowest BCUT2D eigenvalue weighted by molar-refractivity contribution is -0.221. The molecule has 0 saturated carbocycles. The molecule has 1 aliphatic heterocycles. The summed E-state index contributed by atoms with van der Waals surface area (Å²) in [7, 11) is 0. The van der Waals surface area contributed by atoms with Gasteiger partial charge in [0.1, 0.15) is 30.5 Å². The number of hydrogen-bond acceptors (Lipinski definition) is 6. The molecule has 13 heavy (non-hydrogen) atoms. The fraction of sp³-hybridized carbons (Fsp3) is 0.857. The summed E-state index contributed by atoms with van der Waals surface area (Å²) in [5, 5.41) is 36.3. The second kappa shape index (κ2) is 4.12. The van der Waals surface area contributed by atoms with Crippen LogP contribution in [0.4, 0.5) is 0 Å². The lowest BCUT2D eigenvalue weighted by Gasteiger charge is -2.37. The number of aliphatic hydroxyl groups is 4. The quantitative estimate of drug-likeness (QED) is 0.348. The zero-order valence-electron chi connectivity index (χ0n) is 6.78. The number of aldehydes is 1. The van der Waals surface area contributed by atoms with E-state index in [1.807, 2.05) is 0 Å². The highest BCUT2D eigenvalue weighted by atomic mass is 16.5. The number of hydrogen-bond donors (Lipinski definition) is 4. The van der Waals surface area contributed by atoms with E-state index in [1.54, 1.807) is 0 Å². The van der Waals surface area contributed by atoms with Crippen LogP contribution in [0, 0.1) is 0 Å². The first kappa shape index (κ1) is 10.6. The van der Waals surface area contributed by atoms with Gasteiger partial charge in [0.15, 0.2) is 6.29 Å². The Balaban J connectivity index is 2.71. The van der Waals surface area contributed by atoms with Gasteiger partial charge in [0.05, 0.1) is 6.61 Å². The Labute approximate surface area is 74.4 Å². The van der Waals surface area contributed by atoms with Crippen LogP contribution >= 0.6 is 0 Å². The van der Waals surface area contributed by atoms with Crippen molar-refractivity contribution in [1.82, 2.24) is 0 Å². The zero-order chi connectivity index (χ0) is 10.0. The maximum atomic E-state index is 10.3. The summed E-state index contributed by atoms with van der Waals surface area (Å²) in [6.07, 6.45) is -6.21. The van der Waals surface area contributed by atoms with Crippen LogP contribution in [0.3, 0.4) is 0 Å². The van der Waals surface area contributed by atoms with Crippen LogP contribution in [0.25, 0.3) is 0 Å². The van der Waals surface area contributed by atoms with Gasteiger partial charge in [-0.25, -0.2) is 0 Å². The number of carbonyl (C=O) groups is 1. The van der Waals surface area contributed by atoms with Crippen molar-refractivity contribution in [3.05, 3.63) is 0 Å². The summed E-state index contributed by atoms with van der Waals surface area (Å²) in [5.41, 5.74) is 0. The predicted octanol–water partition coefficient (Wildman–Crippen LogP) is -2.97. The summed E-state index contributed by atoms with van der Waals surface area (Å²) < 4.78 is 4.80. The van der Waals surface area contributed by atoms with Gasteiger partial charge >= 0.3 is 0 Å². The van der Waals surface area contributed by atoms with E-state index in [0.717, 1.165) is 0 Å². The Hall–Kier alpha value is -0.530. The van der Waals surface area contributed by atoms with E-state index >= 15 is 0 Å². The average Bonchev–Trinajstić information content (AvgIpc) is 2.15. The van der Waals surface area contributed by atoms with Gasteiger partial charge in [0, 0.05) is 0 Å². The van der Waals surface area contributed by atoms with E-state index in [-0.39, 0.29) is 0 Å². The molecular weight excluding hydrogens is 180 g/mol. The Morgan fingerprint density at radius 3 is 2.23 bits per heavy atom. The minimum absolute atomic E-state index is 0.322. The first-order chi connectivity index (χ1) is 6.11. The Morgan fingerprint density at radius 2 is 1.77 bits per heavy atom. The summed E-state index contributed by atoms with van der Waals surface area (Å²) in [6.45, 7) is -0.519. The van der Waals surface area contributed by atoms with Crippen molar-refractivity contribution in [2.45, 2.75) is 30.5 Å². The van der Waals surface area contributed by atoms with Crippen molar-refractivity contribution in [2.75, 3.05) is 6.61 Å². The van der Waals surface area contributed by atoms with E-state index < -0.39 is 37.1 Å². The van der Waals surface area contributed by atoms with Gasteiger partial charge in [0.2, 0.25) is 0 Å². The molecule has 1 saturated heterocycles. The number of carbonyl (C=O) groups excluding carboxylic acids is 1. The molecular formula is C7H12O6. The smallest absolute Gasteiger partial charge is 0.151 e. The topological polar surface area (TPSA) is 107 Å². The fourth-order valence-corrected chi connectivity index (χ4v) is 1.24. The number of ether oxygens (including phenoxy) is 1. The van der Waals surface area contributed by atoms with Crippen molar-refractivity contribution < 1.29 is 30.0 Å². The monoisotopic (exact) mass is 192 g/mol. The first-order valence-electron chi connectivity index (χ1n) is 3.87. The molecule has 0 bridgehead atoms. The largest absolute Gasteiger partial charge is 0.394 e. The number of aliphatic hydroxyl groups excluding tert-OH is 4. The molecule has 6 nitrogen and oxygen atoms in total. The van der Waals surface area contributed by atoms with Crippen LogP contribution in [0.5, 0.6) is 0 Å². The van der Waals surface area contributed by atoms with Crippen LogP contribution < -0.4 is 0 Å². The molecule has 0 radical (unpaired) electrons. The van der Waals surface area contributed by atoms with Gasteiger partial charge in [0.25, 0.3) is 0 Å². The first-order valence-corrected chi connectivity index (χ1v) is 3.87. The molecule has 5 atom stereocenters. The summed E-state index contributed by atoms with van der Waals surface area (Å²) >= 11 is 0. The Bertz CT molecular complexity index is 182. The van der Waals surface area contributed by atoms with E-state index in [1.165, 1.54) is 0 Å². The molecule has 0 aromatic rings. The molecule has 0 aliphatic carbocycles. The van der Waals surface area contributed by atoms with Crippen LogP contribution in [0.1, 0.15) is 0 Å². The van der Waals surface area contributed by atoms with Gasteiger partial charge in [-0.15, -0.1) is 0 Å². The summed E-state index contributed by atoms with van der Waals surface area (Å²) in [5.74, 6) is 0. The van der Waals surface area contributed by atoms with E-state index in [2.05, 4.69) is 0 Å². The van der Waals surface area contributed by atoms with Crippen LogP contribution in [-0.2, 0) is 9.53 Å². The lowest BCUT2D eigenvalue weighted by Crippen LogP contribution is -2.58. The standard InChI is InChI=1S/C7H12O6/c8-1-3-5(10)7(12)6(11)4(2-9)13-3/h1,3-7,9-12H,2H2/t3-,4+,5+,6+,7+/m0/s1. The normalized spacial score (nSPS) is 46.0. The van der Waals surface area contributed by atoms with Crippen molar-refractivity contribution in [3.8, 4) is 0 Å². The van der Waals surface area contributed by atoms with E-state index in [4.69, 9.17) is 9.84 Å². The maximum absolute atomic E-state index is 10.3. The second-order valence-corrected chi connectivity index (χ2v) is 2.93. The molecule has 1 heterocycles. The van der Waals surface area contributed by atoms with E-state index in [9.17, 15) is 20.1 Å². The van der Waals surface area contributed by atoms with Gasteiger partial charge in [-0.2, -0.15) is 0 Å². The van der Waals surface area contributed by atoms with Crippen molar-refractivity contribution in [1.29, 1.82) is 0 Å². The molecule has 1 aliphatic rings. The summed E-state index contributed by atoms with van der Waals surface area (Å²) in [4.78, 5) is 10.3. The highest BCUT2D eigenvalue weighted by Gasteiger charge is 2.43. The highest BCUT2D eigenvalue weighted by molar-refractivity contribution is 5.57. The lowest BCUT2D eigenvalue weighted by atomic mass is 9.96. The Kier molecular flexibility index (Phi) is 3.34. The van der Waals surface area contributed by atoms with Crippen molar-refractivity contribution in [2.24, 2.45) is 0 Å². The van der Waals surface area contributed by atoms with Crippen molar-refractivity contribution in [3.63, 3.8) is 0 Å². The third kappa shape index (κ3) is 1.87. The van der Waals surface area contributed by atoms with Gasteiger partial charge < -0.3 is 30.0 Å². The second-order valence-electron chi connectivity index (χ2n) is 2.93. The molecule has 0 amide bonds. The average molecular weight is 192 g/mol. The van der Waals surface area contributed by atoms with Crippen molar-refractivity contribution >= 4 is 6.29 Å².